The zero-order valence-corrected chi connectivity index (χ0v) is 17.4. The Kier molecular flexibility index (Phi) is 5.94. The number of aromatic nitrogens is 2. The van der Waals surface area contributed by atoms with Crippen molar-refractivity contribution >= 4 is 29.3 Å². The molecule has 0 aliphatic heterocycles. The molecule has 8 nitrogen and oxygen atoms in total. The SMILES string of the molecule is CCC(Sc1nc(-c2ccco2)c(-c2ccco2)[nH]1)C(=O)Nc1ccc(C(N)=O)cc1. The summed E-state index contributed by atoms with van der Waals surface area (Å²) in [6.07, 6.45) is 3.75. The fraction of sp³-hybridized carbons (Fsp3) is 0.136. The number of anilines is 1. The zero-order chi connectivity index (χ0) is 21.8. The van der Waals surface area contributed by atoms with E-state index in [4.69, 9.17) is 14.6 Å². The van der Waals surface area contributed by atoms with Crippen molar-refractivity contribution in [3.05, 3.63) is 66.6 Å². The number of nitrogens with two attached hydrogens (primary N) is 1. The lowest BCUT2D eigenvalue weighted by molar-refractivity contribution is -0.115. The van der Waals surface area contributed by atoms with Gasteiger partial charge in [0, 0.05) is 11.3 Å². The summed E-state index contributed by atoms with van der Waals surface area (Å²) in [6.45, 7) is 1.93. The first-order valence-electron chi connectivity index (χ1n) is 9.60. The van der Waals surface area contributed by atoms with Crippen molar-refractivity contribution in [2.24, 2.45) is 5.73 Å². The van der Waals surface area contributed by atoms with Gasteiger partial charge in [-0.15, -0.1) is 0 Å². The molecule has 4 aromatic rings. The lowest BCUT2D eigenvalue weighted by Crippen LogP contribution is -2.24. The van der Waals surface area contributed by atoms with Crippen LogP contribution in [0.1, 0.15) is 23.7 Å². The minimum absolute atomic E-state index is 0.171. The minimum atomic E-state index is -0.516. The summed E-state index contributed by atoms with van der Waals surface area (Å²) in [6, 6.07) is 13.7. The second-order valence-electron chi connectivity index (χ2n) is 6.67. The monoisotopic (exact) mass is 436 g/mol. The Morgan fingerprint density at radius 2 is 1.77 bits per heavy atom. The van der Waals surface area contributed by atoms with Gasteiger partial charge < -0.3 is 24.9 Å². The fourth-order valence-corrected chi connectivity index (χ4v) is 3.90. The third-order valence-electron chi connectivity index (χ3n) is 4.56. The van der Waals surface area contributed by atoms with Gasteiger partial charge in [-0.3, -0.25) is 9.59 Å². The third-order valence-corrected chi connectivity index (χ3v) is 5.81. The van der Waals surface area contributed by atoms with Crippen molar-refractivity contribution in [3.8, 4) is 22.9 Å². The molecule has 9 heteroatoms. The Morgan fingerprint density at radius 3 is 2.35 bits per heavy atom. The van der Waals surface area contributed by atoms with Crippen molar-refractivity contribution in [3.63, 3.8) is 0 Å². The van der Waals surface area contributed by atoms with E-state index in [1.807, 2.05) is 19.1 Å². The number of imidazole rings is 1. The number of nitrogens with one attached hydrogen (secondary N) is 2. The number of amides is 2. The number of H-pyrrole nitrogens is 1. The number of hydrogen-bond acceptors (Lipinski definition) is 6. The van der Waals surface area contributed by atoms with Crippen LogP contribution in [0, 0.1) is 0 Å². The van der Waals surface area contributed by atoms with Gasteiger partial charge in [0.05, 0.1) is 17.8 Å². The lowest BCUT2D eigenvalue weighted by atomic mass is 10.2. The molecule has 1 atom stereocenters. The highest BCUT2D eigenvalue weighted by Crippen LogP contribution is 2.35. The van der Waals surface area contributed by atoms with Crippen LogP contribution in [0.25, 0.3) is 22.9 Å². The molecule has 0 radical (unpaired) electrons. The van der Waals surface area contributed by atoms with Gasteiger partial charge in [-0.1, -0.05) is 18.7 Å². The van der Waals surface area contributed by atoms with E-state index in [1.165, 1.54) is 11.8 Å². The Hall–Kier alpha value is -3.72. The Labute approximate surface area is 182 Å². The molecule has 0 fully saturated rings. The third kappa shape index (κ3) is 4.56. The maximum atomic E-state index is 12.8. The summed E-state index contributed by atoms with van der Waals surface area (Å²) in [5.74, 6) is 0.534. The van der Waals surface area contributed by atoms with E-state index in [2.05, 4.69) is 15.3 Å². The number of primary amides is 1. The normalized spacial score (nSPS) is 11.9. The smallest absolute Gasteiger partial charge is 0.248 e. The van der Waals surface area contributed by atoms with Crippen molar-refractivity contribution in [1.29, 1.82) is 0 Å². The van der Waals surface area contributed by atoms with Crippen LogP contribution in [0.3, 0.4) is 0 Å². The minimum Gasteiger partial charge on any atom is -0.463 e. The molecule has 4 N–H and O–H groups in total. The molecule has 3 heterocycles. The maximum absolute atomic E-state index is 12.8. The average molecular weight is 436 g/mol. The molecule has 0 aliphatic rings. The van der Waals surface area contributed by atoms with Gasteiger partial charge in [0.25, 0.3) is 0 Å². The molecule has 0 saturated heterocycles. The summed E-state index contributed by atoms with van der Waals surface area (Å²) < 4.78 is 11.0. The van der Waals surface area contributed by atoms with Crippen molar-refractivity contribution in [1.82, 2.24) is 9.97 Å². The quantitative estimate of drug-likeness (QED) is 0.348. The summed E-state index contributed by atoms with van der Waals surface area (Å²) in [5, 5.41) is 3.05. The van der Waals surface area contributed by atoms with Crippen molar-refractivity contribution in [2.45, 2.75) is 23.8 Å². The van der Waals surface area contributed by atoms with Crippen LogP contribution >= 0.6 is 11.8 Å². The van der Waals surface area contributed by atoms with Crippen LogP contribution in [-0.4, -0.2) is 27.0 Å². The van der Waals surface area contributed by atoms with Crippen LogP contribution in [0.5, 0.6) is 0 Å². The number of carbonyl (C=O) groups is 2. The number of furan rings is 2. The lowest BCUT2D eigenvalue weighted by Gasteiger charge is -2.13. The predicted molar refractivity (Wildman–Crippen MR) is 118 cm³/mol. The van der Waals surface area contributed by atoms with Gasteiger partial charge in [0.1, 0.15) is 11.4 Å². The van der Waals surface area contributed by atoms with Crippen molar-refractivity contribution < 1.29 is 18.4 Å². The highest BCUT2D eigenvalue weighted by Gasteiger charge is 2.23. The molecule has 1 aromatic carbocycles. The Balaban J connectivity index is 1.53. The summed E-state index contributed by atoms with van der Waals surface area (Å²) in [7, 11) is 0. The van der Waals surface area contributed by atoms with Gasteiger partial charge in [-0.2, -0.15) is 0 Å². The first-order valence-corrected chi connectivity index (χ1v) is 10.5. The molecule has 3 aromatic heterocycles. The van der Waals surface area contributed by atoms with E-state index in [0.29, 0.717) is 45.7 Å². The van der Waals surface area contributed by atoms with Crippen LogP contribution in [0.15, 0.2) is 75.0 Å². The number of thioether (sulfide) groups is 1. The second kappa shape index (κ2) is 8.97. The molecular weight excluding hydrogens is 416 g/mol. The molecular formula is C22H20N4O4S. The first-order chi connectivity index (χ1) is 15.0. The highest BCUT2D eigenvalue weighted by molar-refractivity contribution is 8.00. The number of carbonyl (C=O) groups excluding carboxylic acids is 2. The van der Waals surface area contributed by atoms with E-state index in [9.17, 15) is 9.59 Å². The number of benzene rings is 1. The molecule has 158 valence electrons. The number of aromatic amines is 1. The number of hydrogen-bond donors (Lipinski definition) is 3. The van der Waals surface area contributed by atoms with Gasteiger partial charge in [0.15, 0.2) is 16.7 Å². The fourth-order valence-electron chi connectivity index (χ4n) is 3.00. The molecule has 0 saturated carbocycles. The van der Waals surface area contributed by atoms with E-state index in [-0.39, 0.29) is 5.91 Å². The Morgan fingerprint density at radius 1 is 1.10 bits per heavy atom. The van der Waals surface area contributed by atoms with E-state index in [1.54, 1.807) is 48.9 Å². The number of rotatable bonds is 8. The molecule has 1 unspecified atom stereocenters. The Bertz CT molecular complexity index is 1110. The van der Waals surface area contributed by atoms with E-state index >= 15 is 0 Å². The first kappa shape index (κ1) is 20.5. The van der Waals surface area contributed by atoms with Crippen LogP contribution in [0.2, 0.25) is 0 Å². The zero-order valence-electron chi connectivity index (χ0n) is 16.6. The summed E-state index contributed by atoms with van der Waals surface area (Å²) in [5.41, 5.74) is 7.51. The standard InChI is InChI=1S/C22H20N4O4S/c1-2-17(21(28)24-14-9-7-13(8-10-14)20(23)27)31-22-25-18(15-5-3-11-29-15)19(26-22)16-6-4-12-30-16/h3-12,17H,2H2,1H3,(H2,23,27)(H,24,28)(H,25,26). The summed E-state index contributed by atoms with van der Waals surface area (Å²) in [4.78, 5) is 31.9. The largest absolute Gasteiger partial charge is 0.463 e. The van der Waals surface area contributed by atoms with Gasteiger partial charge in [0.2, 0.25) is 11.8 Å². The van der Waals surface area contributed by atoms with Crippen LogP contribution in [-0.2, 0) is 4.79 Å². The maximum Gasteiger partial charge on any atom is 0.248 e. The van der Waals surface area contributed by atoms with E-state index in [0.717, 1.165) is 0 Å². The number of nitrogens with zero attached hydrogens (tertiary/aromatic N) is 1. The molecule has 0 bridgehead atoms. The van der Waals surface area contributed by atoms with Gasteiger partial charge in [-0.25, -0.2) is 4.98 Å². The van der Waals surface area contributed by atoms with Gasteiger partial charge >= 0.3 is 0 Å². The van der Waals surface area contributed by atoms with Crippen LogP contribution < -0.4 is 11.1 Å². The highest BCUT2D eigenvalue weighted by atomic mass is 32.2. The van der Waals surface area contributed by atoms with E-state index < -0.39 is 11.2 Å². The summed E-state index contributed by atoms with van der Waals surface area (Å²) >= 11 is 1.32. The predicted octanol–water partition coefficient (Wildman–Crippen LogP) is 4.54. The van der Waals surface area contributed by atoms with Crippen molar-refractivity contribution in [2.75, 3.05) is 5.32 Å². The molecule has 4 rings (SSSR count). The molecule has 31 heavy (non-hydrogen) atoms. The van der Waals surface area contributed by atoms with Gasteiger partial charge in [-0.05, 0) is 55.0 Å². The molecule has 2 amide bonds. The molecule has 0 spiro atoms. The topological polar surface area (TPSA) is 127 Å². The van der Waals surface area contributed by atoms with Crippen LogP contribution in [0.4, 0.5) is 5.69 Å². The second-order valence-corrected chi connectivity index (χ2v) is 7.86. The average Bonchev–Trinajstić information content (AvgIpc) is 3.53. The molecule has 0 aliphatic carbocycles.